The Bertz CT molecular complexity index is 342. The molecule has 1 aliphatic carbocycles. The van der Waals surface area contributed by atoms with Gasteiger partial charge in [-0.15, -0.1) is 24.8 Å². The number of hydrogen-bond acceptors (Lipinski definition) is 4. The van der Waals surface area contributed by atoms with E-state index >= 15 is 0 Å². The minimum atomic E-state index is -0.185. The first-order chi connectivity index (χ1) is 9.24. The molecule has 1 amide bonds. The second-order valence-corrected chi connectivity index (χ2v) is 6.13. The molecule has 2 N–H and O–H groups in total. The Kier molecular flexibility index (Phi) is 7.71. The van der Waals surface area contributed by atoms with Gasteiger partial charge in [0, 0.05) is 25.7 Å². The Morgan fingerprint density at radius 3 is 2.76 bits per heavy atom. The molecule has 3 fully saturated rings. The fourth-order valence-corrected chi connectivity index (χ4v) is 3.18. The summed E-state index contributed by atoms with van der Waals surface area (Å²) in [5, 5.41) is 6.33. The molecular formula is C14H27Cl2N3O2. The molecule has 0 aromatic rings. The van der Waals surface area contributed by atoms with Crippen molar-refractivity contribution in [3.8, 4) is 0 Å². The van der Waals surface area contributed by atoms with Crippen molar-refractivity contribution in [1.29, 1.82) is 0 Å². The maximum Gasteiger partial charge on any atom is 0.239 e. The molecule has 0 radical (unpaired) electrons. The third kappa shape index (κ3) is 4.96. The molecule has 0 spiro atoms. The van der Waals surface area contributed by atoms with Crippen LogP contribution in [0, 0.1) is 5.92 Å². The Balaban J connectivity index is 0.00000110. The van der Waals surface area contributed by atoms with E-state index in [1.54, 1.807) is 0 Å². The van der Waals surface area contributed by atoms with Crippen molar-refractivity contribution in [2.24, 2.45) is 5.92 Å². The summed E-state index contributed by atoms with van der Waals surface area (Å²) in [5.74, 6) is 0.724. The highest BCUT2D eigenvalue weighted by molar-refractivity contribution is 5.85. The second-order valence-electron chi connectivity index (χ2n) is 6.13. The molecule has 0 bridgehead atoms. The van der Waals surface area contributed by atoms with Gasteiger partial charge in [0.15, 0.2) is 0 Å². The highest BCUT2D eigenvalue weighted by Crippen LogP contribution is 2.31. The maximum atomic E-state index is 12.1. The van der Waals surface area contributed by atoms with Crippen molar-refractivity contribution < 1.29 is 9.53 Å². The lowest BCUT2D eigenvalue weighted by molar-refractivity contribution is -0.129. The zero-order valence-corrected chi connectivity index (χ0v) is 14.2. The van der Waals surface area contributed by atoms with Gasteiger partial charge in [0.1, 0.15) is 6.04 Å². The van der Waals surface area contributed by atoms with Crippen molar-refractivity contribution in [3.05, 3.63) is 0 Å². The van der Waals surface area contributed by atoms with Crippen molar-refractivity contribution >= 4 is 30.7 Å². The number of halogens is 2. The van der Waals surface area contributed by atoms with Crippen LogP contribution in [-0.2, 0) is 9.53 Å². The molecule has 3 aliphatic rings. The minimum absolute atomic E-state index is 0. The van der Waals surface area contributed by atoms with Crippen LogP contribution >= 0.6 is 24.8 Å². The number of hydrogen-bond donors (Lipinski definition) is 2. The first-order valence-electron chi connectivity index (χ1n) is 7.61. The largest absolute Gasteiger partial charge is 0.375 e. The standard InChI is InChI=1S/C14H25N3O2.2ClH/c1-10-13(15-5-7-19-10)14(18)16-8-11-4-6-17(9-11)12-2-3-12;;/h10-13,15H,2-9H2,1H3,(H,16,18);2*1H/t10-,11?,13+;;/m1../s1. The number of amides is 1. The van der Waals surface area contributed by atoms with Crippen LogP contribution in [0.1, 0.15) is 26.2 Å². The molecule has 5 nitrogen and oxygen atoms in total. The molecule has 2 aliphatic heterocycles. The average Bonchev–Trinajstić information content (AvgIpc) is 3.16. The predicted octanol–water partition coefficient (Wildman–Crippen LogP) is 0.807. The molecule has 0 aromatic carbocycles. The smallest absolute Gasteiger partial charge is 0.239 e. The Morgan fingerprint density at radius 1 is 1.33 bits per heavy atom. The summed E-state index contributed by atoms with van der Waals surface area (Å²) in [6.07, 6.45) is 3.95. The number of likely N-dealkylation sites (tertiary alicyclic amines) is 1. The molecule has 0 aromatic heterocycles. The first kappa shape index (κ1) is 19.0. The summed E-state index contributed by atoms with van der Waals surface area (Å²) >= 11 is 0. The van der Waals surface area contributed by atoms with Crippen molar-refractivity contribution in [2.45, 2.75) is 44.4 Å². The van der Waals surface area contributed by atoms with Gasteiger partial charge in [-0.05, 0) is 38.6 Å². The van der Waals surface area contributed by atoms with Crippen molar-refractivity contribution in [1.82, 2.24) is 15.5 Å². The molecule has 124 valence electrons. The van der Waals surface area contributed by atoms with Gasteiger partial charge in [-0.2, -0.15) is 0 Å². The van der Waals surface area contributed by atoms with Crippen LogP contribution < -0.4 is 10.6 Å². The predicted molar refractivity (Wildman–Crippen MR) is 87.4 cm³/mol. The van der Waals surface area contributed by atoms with E-state index in [2.05, 4.69) is 15.5 Å². The molecule has 1 unspecified atom stereocenters. The quantitative estimate of drug-likeness (QED) is 0.795. The molecule has 2 heterocycles. The van der Waals surface area contributed by atoms with E-state index in [1.165, 1.54) is 25.8 Å². The molecule has 3 rings (SSSR count). The van der Waals surface area contributed by atoms with E-state index < -0.39 is 0 Å². The van der Waals surface area contributed by atoms with E-state index in [9.17, 15) is 4.79 Å². The Labute approximate surface area is 139 Å². The number of nitrogens with one attached hydrogen (secondary N) is 2. The Hall–Kier alpha value is -0.0700. The van der Waals surface area contributed by atoms with Crippen LogP contribution in [0.25, 0.3) is 0 Å². The summed E-state index contributed by atoms with van der Waals surface area (Å²) in [5.41, 5.74) is 0. The molecule has 21 heavy (non-hydrogen) atoms. The van der Waals surface area contributed by atoms with Crippen LogP contribution in [-0.4, -0.2) is 61.8 Å². The lowest BCUT2D eigenvalue weighted by atomic mass is 10.1. The lowest BCUT2D eigenvalue weighted by Gasteiger charge is -2.29. The monoisotopic (exact) mass is 339 g/mol. The fraction of sp³-hybridized carbons (Fsp3) is 0.929. The summed E-state index contributed by atoms with van der Waals surface area (Å²) in [4.78, 5) is 14.7. The van der Waals surface area contributed by atoms with Crippen molar-refractivity contribution in [3.63, 3.8) is 0 Å². The summed E-state index contributed by atoms with van der Waals surface area (Å²) in [7, 11) is 0. The van der Waals surface area contributed by atoms with Gasteiger partial charge in [-0.3, -0.25) is 4.79 Å². The molecule has 3 atom stereocenters. The van der Waals surface area contributed by atoms with Crippen LogP contribution in [0.4, 0.5) is 0 Å². The maximum absolute atomic E-state index is 12.1. The summed E-state index contributed by atoms with van der Waals surface area (Å²) in [6, 6.07) is 0.670. The number of carbonyl (C=O) groups is 1. The van der Waals surface area contributed by atoms with E-state index in [0.29, 0.717) is 12.5 Å². The van der Waals surface area contributed by atoms with Crippen LogP contribution in [0.2, 0.25) is 0 Å². The van der Waals surface area contributed by atoms with Gasteiger partial charge in [0.25, 0.3) is 0 Å². The summed E-state index contributed by atoms with van der Waals surface area (Å²) in [6.45, 7) is 6.61. The zero-order valence-electron chi connectivity index (χ0n) is 12.5. The van der Waals surface area contributed by atoms with Crippen molar-refractivity contribution in [2.75, 3.05) is 32.8 Å². The van der Waals surface area contributed by atoms with Gasteiger partial charge in [-0.1, -0.05) is 0 Å². The Morgan fingerprint density at radius 2 is 2.10 bits per heavy atom. The average molecular weight is 340 g/mol. The highest BCUT2D eigenvalue weighted by atomic mass is 35.5. The van der Waals surface area contributed by atoms with Crippen LogP contribution in [0.5, 0.6) is 0 Å². The third-order valence-corrected chi connectivity index (χ3v) is 4.54. The normalized spacial score (nSPS) is 32.9. The van der Waals surface area contributed by atoms with E-state index in [0.717, 1.165) is 25.7 Å². The number of carbonyl (C=O) groups excluding carboxylic acids is 1. The third-order valence-electron chi connectivity index (χ3n) is 4.54. The highest BCUT2D eigenvalue weighted by Gasteiger charge is 2.35. The number of ether oxygens (including phenoxy) is 1. The van der Waals surface area contributed by atoms with Gasteiger partial charge in [0.2, 0.25) is 5.91 Å². The van der Waals surface area contributed by atoms with Gasteiger partial charge < -0.3 is 20.3 Å². The van der Waals surface area contributed by atoms with E-state index in [1.807, 2.05) is 6.92 Å². The summed E-state index contributed by atoms with van der Waals surface area (Å²) < 4.78 is 5.51. The van der Waals surface area contributed by atoms with Gasteiger partial charge >= 0.3 is 0 Å². The molecule has 1 saturated carbocycles. The molecular weight excluding hydrogens is 313 g/mol. The lowest BCUT2D eigenvalue weighted by Crippen LogP contribution is -2.56. The topological polar surface area (TPSA) is 53.6 Å². The SMILES string of the molecule is C[C@H]1OCCN[C@@H]1C(=O)NCC1CCN(C2CC2)C1.Cl.Cl. The number of rotatable bonds is 4. The van der Waals surface area contributed by atoms with E-state index in [-0.39, 0.29) is 42.9 Å². The molecule has 2 saturated heterocycles. The minimum Gasteiger partial charge on any atom is -0.375 e. The fourth-order valence-electron chi connectivity index (χ4n) is 3.18. The van der Waals surface area contributed by atoms with Gasteiger partial charge in [0.05, 0.1) is 12.7 Å². The van der Waals surface area contributed by atoms with Gasteiger partial charge in [-0.25, -0.2) is 0 Å². The second kappa shape index (κ2) is 8.53. The van der Waals surface area contributed by atoms with Crippen LogP contribution in [0.15, 0.2) is 0 Å². The first-order valence-corrected chi connectivity index (χ1v) is 7.61. The number of morpholine rings is 1. The number of nitrogens with zero attached hydrogens (tertiary/aromatic N) is 1. The zero-order chi connectivity index (χ0) is 13.2. The van der Waals surface area contributed by atoms with E-state index in [4.69, 9.17) is 4.74 Å². The van der Waals surface area contributed by atoms with Crippen LogP contribution in [0.3, 0.4) is 0 Å². The molecule has 7 heteroatoms.